The summed E-state index contributed by atoms with van der Waals surface area (Å²) in [6.07, 6.45) is 1.62. The summed E-state index contributed by atoms with van der Waals surface area (Å²) in [5.41, 5.74) is 2.24. The Morgan fingerprint density at radius 2 is 2.06 bits per heavy atom. The summed E-state index contributed by atoms with van der Waals surface area (Å²) >= 11 is 3.27. The quantitative estimate of drug-likeness (QED) is 0.799. The first-order valence-corrected chi connectivity index (χ1v) is 6.72. The number of hydrogen-bond donors (Lipinski definition) is 0. The minimum atomic E-state index is -0.107. The highest BCUT2D eigenvalue weighted by atomic mass is 79.9. The molecule has 96 valence electrons. The standard InChI is InChI=1S/C14H15BrO3/c1-17-13-4-2-10(3-5-13)9-18-14(16)12-6-11(7-12)8-15/h2-5,8,12H,6-7,9H2,1H3. The number of ether oxygens (including phenoxy) is 2. The first-order valence-electron chi connectivity index (χ1n) is 5.80. The largest absolute Gasteiger partial charge is 0.497 e. The van der Waals surface area contributed by atoms with Crippen LogP contribution in [-0.4, -0.2) is 13.1 Å². The monoisotopic (exact) mass is 310 g/mol. The second-order valence-corrected chi connectivity index (χ2v) is 4.79. The van der Waals surface area contributed by atoms with Gasteiger partial charge in [0.1, 0.15) is 12.4 Å². The van der Waals surface area contributed by atoms with Gasteiger partial charge in [-0.1, -0.05) is 33.6 Å². The molecule has 1 aromatic carbocycles. The van der Waals surface area contributed by atoms with Gasteiger partial charge >= 0.3 is 5.97 Å². The maximum absolute atomic E-state index is 11.7. The summed E-state index contributed by atoms with van der Waals surface area (Å²) in [5, 5.41) is 0. The second-order valence-electron chi connectivity index (χ2n) is 4.33. The molecule has 0 heterocycles. The van der Waals surface area contributed by atoms with E-state index < -0.39 is 0 Å². The van der Waals surface area contributed by atoms with Crippen molar-refractivity contribution >= 4 is 21.9 Å². The Labute approximate surface area is 115 Å². The van der Waals surface area contributed by atoms with Gasteiger partial charge in [-0.3, -0.25) is 4.79 Å². The zero-order chi connectivity index (χ0) is 13.0. The zero-order valence-corrected chi connectivity index (χ0v) is 11.8. The number of carbonyl (C=O) groups excluding carboxylic acids is 1. The molecule has 0 aliphatic heterocycles. The molecule has 0 aromatic heterocycles. The van der Waals surface area contributed by atoms with Crippen LogP contribution in [0.4, 0.5) is 0 Å². The third-order valence-corrected chi connectivity index (χ3v) is 3.69. The first-order chi connectivity index (χ1) is 8.72. The Balaban J connectivity index is 1.79. The van der Waals surface area contributed by atoms with Crippen LogP contribution in [0.1, 0.15) is 18.4 Å². The molecular formula is C14H15BrO3. The number of methoxy groups -OCH3 is 1. The van der Waals surface area contributed by atoms with E-state index in [4.69, 9.17) is 9.47 Å². The lowest BCUT2D eigenvalue weighted by molar-refractivity contribution is -0.151. The molecule has 3 nitrogen and oxygen atoms in total. The molecule has 1 aromatic rings. The van der Waals surface area contributed by atoms with Gasteiger partial charge in [-0.25, -0.2) is 0 Å². The molecule has 2 rings (SSSR count). The highest BCUT2D eigenvalue weighted by Crippen LogP contribution is 2.34. The van der Waals surface area contributed by atoms with E-state index in [0.717, 1.165) is 24.2 Å². The lowest BCUT2D eigenvalue weighted by Gasteiger charge is -2.26. The van der Waals surface area contributed by atoms with Crippen LogP contribution in [0.25, 0.3) is 0 Å². The minimum absolute atomic E-state index is 0.0343. The molecule has 0 bridgehead atoms. The molecule has 0 radical (unpaired) electrons. The second kappa shape index (κ2) is 6.05. The highest BCUT2D eigenvalue weighted by Gasteiger charge is 2.30. The summed E-state index contributed by atoms with van der Waals surface area (Å²) in [5.74, 6) is 0.729. The molecule has 1 saturated carbocycles. The summed E-state index contributed by atoms with van der Waals surface area (Å²) in [4.78, 5) is 13.6. The average molecular weight is 311 g/mol. The van der Waals surface area contributed by atoms with E-state index in [2.05, 4.69) is 15.9 Å². The summed E-state index contributed by atoms with van der Waals surface area (Å²) in [6, 6.07) is 7.52. The number of halogens is 1. The normalized spacial score (nSPS) is 17.9. The molecule has 0 N–H and O–H groups in total. The molecule has 0 saturated heterocycles. The first kappa shape index (κ1) is 13.1. The van der Waals surface area contributed by atoms with Gasteiger partial charge in [0.05, 0.1) is 13.0 Å². The Bertz CT molecular complexity index is 443. The molecule has 1 fully saturated rings. The lowest BCUT2D eigenvalue weighted by Crippen LogP contribution is -2.26. The van der Waals surface area contributed by atoms with E-state index in [-0.39, 0.29) is 11.9 Å². The molecular weight excluding hydrogens is 296 g/mol. The SMILES string of the molecule is COc1ccc(COC(=O)C2CC(=CBr)C2)cc1. The molecule has 0 unspecified atom stereocenters. The Morgan fingerprint density at radius 1 is 1.39 bits per heavy atom. The number of rotatable bonds is 4. The van der Waals surface area contributed by atoms with Crippen LogP contribution in [0, 0.1) is 5.92 Å². The average Bonchev–Trinajstić information content (AvgIpc) is 2.36. The van der Waals surface area contributed by atoms with Crippen LogP contribution in [0.15, 0.2) is 34.8 Å². The van der Waals surface area contributed by atoms with Crippen molar-refractivity contribution < 1.29 is 14.3 Å². The topological polar surface area (TPSA) is 35.5 Å². The summed E-state index contributed by atoms with van der Waals surface area (Å²) < 4.78 is 10.3. The number of benzene rings is 1. The van der Waals surface area contributed by atoms with Crippen molar-refractivity contribution in [2.45, 2.75) is 19.4 Å². The minimum Gasteiger partial charge on any atom is -0.497 e. The third kappa shape index (κ3) is 3.13. The van der Waals surface area contributed by atoms with Crippen molar-refractivity contribution in [1.82, 2.24) is 0 Å². The molecule has 1 aliphatic rings. The van der Waals surface area contributed by atoms with Crippen LogP contribution in [0.2, 0.25) is 0 Å². The fourth-order valence-corrected chi connectivity index (χ4v) is 2.20. The molecule has 1 aliphatic carbocycles. The smallest absolute Gasteiger partial charge is 0.309 e. The predicted molar refractivity (Wildman–Crippen MR) is 72.5 cm³/mol. The fraction of sp³-hybridized carbons (Fsp3) is 0.357. The van der Waals surface area contributed by atoms with E-state index in [0.29, 0.717) is 6.61 Å². The number of carbonyl (C=O) groups is 1. The number of allylic oxidation sites excluding steroid dienone is 1. The Hall–Kier alpha value is -1.29. The van der Waals surface area contributed by atoms with Crippen LogP contribution in [-0.2, 0) is 16.1 Å². The van der Waals surface area contributed by atoms with Crippen molar-refractivity contribution in [1.29, 1.82) is 0 Å². The van der Waals surface area contributed by atoms with Gasteiger partial charge in [0.2, 0.25) is 0 Å². The van der Waals surface area contributed by atoms with E-state index in [9.17, 15) is 4.79 Å². The van der Waals surface area contributed by atoms with Crippen molar-refractivity contribution in [2.75, 3.05) is 7.11 Å². The van der Waals surface area contributed by atoms with E-state index in [1.54, 1.807) is 7.11 Å². The van der Waals surface area contributed by atoms with Crippen LogP contribution in [0.3, 0.4) is 0 Å². The van der Waals surface area contributed by atoms with E-state index in [1.807, 2.05) is 29.3 Å². The van der Waals surface area contributed by atoms with Gasteiger partial charge in [0.25, 0.3) is 0 Å². The maximum atomic E-state index is 11.7. The zero-order valence-electron chi connectivity index (χ0n) is 10.2. The van der Waals surface area contributed by atoms with Crippen molar-refractivity contribution in [3.63, 3.8) is 0 Å². The Kier molecular flexibility index (Phi) is 4.42. The van der Waals surface area contributed by atoms with Crippen molar-refractivity contribution in [2.24, 2.45) is 5.92 Å². The molecule has 4 heteroatoms. The molecule has 0 amide bonds. The van der Waals surface area contributed by atoms with Gasteiger partial charge < -0.3 is 9.47 Å². The lowest BCUT2D eigenvalue weighted by atomic mass is 9.81. The van der Waals surface area contributed by atoms with Gasteiger partial charge in [-0.05, 0) is 35.5 Å². The van der Waals surface area contributed by atoms with Crippen molar-refractivity contribution in [3.05, 3.63) is 40.4 Å². The molecule has 0 atom stereocenters. The summed E-state index contributed by atoms with van der Waals surface area (Å²) in [6.45, 7) is 0.326. The van der Waals surface area contributed by atoms with E-state index >= 15 is 0 Å². The van der Waals surface area contributed by atoms with Gasteiger partial charge in [0.15, 0.2) is 0 Å². The predicted octanol–water partition coefficient (Wildman–Crippen LogP) is 3.43. The maximum Gasteiger partial charge on any atom is 0.309 e. The van der Waals surface area contributed by atoms with Crippen LogP contribution >= 0.6 is 15.9 Å². The Morgan fingerprint density at radius 3 is 2.61 bits per heavy atom. The van der Waals surface area contributed by atoms with Gasteiger partial charge in [-0.2, -0.15) is 0 Å². The van der Waals surface area contributed by atoms with E-state index in [1.165, 1.54) is 5.57 Å². The van der Waals surface area contributed by atoms with Crippen LogP contribution in [0.5, 0.6) is 5.75 Å². The molecule has 18 heavy (non-hydrogen) atoms. The van der Waals surface area contributed by atoms with Gasteiger partial charge in [-0.15, -0.1) is 0 Å². The van der Waals surface area contributed by atoms with Crippen molar-refractivity contribution in [3.8, 4) is 5.75 Å². The molecule has 0 spiro atoms. The number of esters is 1. The third-order valence-electron chi connectivity index (χ3n) is 3.04. The fourth-order valence-electron chi connectivity index (χ4n) is 1.82. The number of hydrogen-bond acceptors (Lipinski definition) is 3. The highest BCUT2D eigenvalue weighted by molar-refractivity contribution is 9.11. The van der Waals surface area contributed by atoms with Crippen LogP contribution < -0.4 is 4.74 Å². The van der Waals surface area contributed by atoms with Gasteiger partial charge in [0, 0.05) is 0 Å². The summed E-state index contributed by atoms with van der Waals surface area (Å²) in [7, 11) is 1.63.